The summed E-state index contributed by atoms with van der Waals surface area (Å²) in [5, 5.41) is 0. The second kappa shape index (κ2) is 8.67. The van der Waals surface area contributed by atoms with E-state index in [1.54, 1.807) is 61.7 Å². The summed E-state index contributed by atoms with van der Waals surface area (Å²) in [6.45, 7) is 1.91. The van der Waals surface area contributed by atoms with Crippen molar-refractivity contribution in [2.75, 3.05) is 7.11 Å². The van der Waals surface area contributed by atoms with Crippen molar-refractivity contribution in [3.8, 4) is 5.75 Å². The molecule has 3 aromatic rings. The summed E-state index contributed by atoms with van der Waals surface area (Å²) in [4.78, 5) is 0.164. The second-order valence-electron chi connectivity index (χ2n) is 6.24. The summed E-state index contributed by atoms with van der Waals surface area (Å²) in [7, 11) is -2.25. The van der Waals surface area contributed by atoms with Crippen LogP contribution in [0.4, 0.5) is 0 Å². The van der Waals surface area contributed by atoms with Gasteiger partial charge in [-0.2, -0.15) is 12.8 Å². The number of hydrogen-bond acceptors (Lipinski definition) is 3. The van der Waals surface area contributed by atoms with Crippen LogP contribution < -0.4 is 4.74 Å². The average Bonchev–Trinajstić information content (AvgIpc) is 2.72. The van der Waals surface area contributed by atoms with Gasteiger partial charge >= 0.3 is 0 Å². The predicted octanol–water partition coefficient (Wildman–Crippen LogP) is 4.90. The lowest BCUT2D eigenvalue weighted by Gasteiger charge is -2.06. The molecule has 0 unspecified atom stereocenters. The number of sulfonamides is 1. The second-order valence-corrected chi connectivity index (χ2v) is 7.84. The molecule has 142 valence electrons. The van der Waals surface area contributed by atoms with Gasteiger partial charge in [-0.3, -0.25) is 0 Å². The van der Waals surface area contributed by atoms with Gasteiger partial charge in [-0.1, -0.05) is 54.1 Å². The van der Waals surface area contributed by atoms with Crippen molar-refractivity contribution >= 4 is 21.8 Å². The fraction of sp³-hybridized carbons (Fsp3) is 0.0870. The molecule has 0 atom stereocenters. The molecule has 0 aliphatic carbocycles. The number of rotatable bonds is 6. The quantitative estimate of drug-likeness (QED) is 0.562. The third kappa shape index (κ3) is 4.96. The van der Waals surface area contributed by atoms with Crippen LogP contribution in [-0.2, 0) is 10.0 Å². The highest BCUT2D eigenvalue weighted by Crippen LogP contribution is 2.18. The summed E-state index contributed by atoms with van der Waals surface area (Å²) < 4.78 is 34.9. The molecule has 28 heavy (non-hydrogen) atoms. The van der Waals surface area contributed by atoms with Crippen molar-refractivity contribution in [2.45, 2.75) is 11.8 Å². The number of benzene rings is 3. The van der Waals surface area contributed by atoms with E-state index in [4.69, 9.17) is 4.74 Å². The lowest BCUT2D eigenvalue weighted by molar-refractivity contribution is 0.415. The Hall–Kier alpha value is -3.18. The zero-order chi connectivity index (χ0) is 20.0. The van der Waals surface area contributed by atoms with Gasteiger partial charge in [0.05, 0.1) is 17.7 Å². The van der Waals surface area contributed by atoms with Gasteiger partial charge in [-0.05, 0) is 55.0 Å². The molecule has 0 N–H and O–H groups in total. The fourth-order valence-corrected chi connectivity index (χ4v) is 3.58. The molecule has 0 heterocycles. The van der Waals surface area contributed by atoms with Gasteiger partial charge < -0.3 is 4.74 Å². The number of aryl methyl sites for hydroxylation is 1. The van der Waals surface area contributed by atoms with Crippen molar-refractivity contribution in [3.63, 3.8) is 0 Å². The maximum Gasteiger partial charge on any atom is 0.282 e. The van der Waals surface area contributed by atoms with Crippen LogP contribution in [0.5, 0.6) is 5.75 Å². The topological polar surface area (TPSA) is 55.7 Å². The molecule has 0 bridgehead atoms. The van der Waals surface area contributed by atoms with Crippen molar-refractivity contribution in [2.24, 2.45) is 4.40 Å². The van der Waals surface area contributed by atoms with Crippen LogP contribution in [-0.4, -0.2) is 21.2 Å². The van der Waals surface area contributed by atoms with Crippen molar-refractivity contribution in [1.82, 2.24) is 0 Å². The number of ether oxygens (including phenoxy) is 1. The molecule has 0 aliphatic heterocycles. The molecule has 5 heteroatoms. The van der Waals surface area contributed by atoms with E-state index in [9.17, 15) is 8.42 Å². The fourth-order valence-electron chi connectivity index (χ4n) is 2.57. The van der Waals surface area contributed by atoms with E-state index in [0.29, 0.717) is 17.0 Å². The highest BCUT2D eigenvalue weighted by molar-refractivity contribution is 7.90. The van der Waals surface area contributed by atoms with E-state index in [1.165, 1.54) is 0 Å². The number of allylic oxidation sites excluding steroid dienone is 1. The number of hydrogen-bond donors (Lipinski definition) is 0. The largest absolute Gasteiger partial charge is 0.497 e. The van der Waals surface area contributed by atoms with E-state index in [0.717, 1.165) is 11.1 Å². The van der Waals surface area contributed by atoms with E-state index in [2.05, 4.69) is 4.40 Å². The molecule has 0 radical (unpaired) electrons. The molecule has 0 aliphatic rings. The Morgan fingerprint density at radius 2 is 1.54 bits per heavy atom. The Kier molecular flexibility index (Phi) is 6.06. The van der Waals surface area contributed by atoms with E-state index >= 15 is 0 Å². The highest BCUT2D eigenvalue weighted by atomic mass is 32.2. The monoisotopic (exact) mass is 391 g/mol. The summed E-state index contributed by atoms with van der Waals surface area (Å²) in [6.07, 6.45) is 3.55. The van der Waals surface area contributed by atoms with Crippen LogP contribution in [0.15, 0.2) is 94.2 Å². The van der Waals surface area contributed by atoms with Crippen LogP contribution in [0.3, 0.4) is 0 Å². The molecule has 3 rings (SSSR count). The van der Waals surface area contributed by atoms with Gasteiger partial charge in [0.2, 0.25) is 0 Å². The zero-order valence-electron chi connectivity index (χ0n) is 15.7. The van der Waals surface area contributed by atoms with Gasteiger partial charge in [-0.15, -0.1) is 0 Å². The summed E-state index contributed by atoms with van der Waals surface area (Å²) >= 11 is 0. The average molecular weight is 391 g/mol. The summed E-state index contributed by atoms with van der Waals surface area (Å²) in [6, 6.07) is 23.4. The molecular weight excluding hydrogens is 370 g/mol. The molecule has 0 aromatic heterocycles. The molecule has 0 fully saturated rings. The first-order valence-corrected chi connectivity index (χ1v) is 10.2. The van der Waals surface area contributed by atoms with Crippen LogP contribution in [0.2, 0.25) is 0 Å². The van der Waals surface area contributed by atoms with E-state index < -0.39 is 10.0 Å². The lowest BCUT2D eigenvalue weighted by Crippen LogP contribution is -2.04. The minimum absolute atomic E-state index is 0.164. The van der Waals surface area contributed by atoms with E-state index in [-0.39, 0.29) is 4.90 Å². The van der Waals surface area contributed by atoms with Crippen LogP contribution >= 0.6 is 0 Å². The first-order valence-electron chi connectivity index (χ1n) is 8.77. The summed E-state index contributed by atoms with van der Waals surface area (Å²) in [5.74, 6) is 0.691. The third-order valence-corrected chi connectivity index (χ3v) is 5.46. The smallest absolute Gasteiger partial charge is 0.282 e. The van der Waals surface area contributed by atoms with Gasteiger partial charge in [0.25, 0.3) is 10.0 Å². The number of nitrogens with zero attached hydrogens (tertiary/aromatic N) is 1. The van der Waals surface area contributed by atoms with Crippen molar-refractivity contribution in [1.29, 1.82) is 0 Å². The summed E-state index contributed by atoms with van der Waals surface area (Å²) in [5.41, 5.74) is 2.98. The van der Waals surface area contributed by atoms with Crippen LogP contribution in [0.1, 0.15) is 16.7 Å². The SMILES string of the molecule is COc1ccc(C(/C=C/c2ccccc2)=N\S(=O)(=O)c2ccc(C)cc2)cc1. The minimum atomic E-state index is -3.84. The predicted molar refractivity (Wildman–Crippen MR) is 113 cm³/mol. The molecular formula is C23H21NO3S. The van der Waals surface area contributed by atoms with Crippen molar-refractivity contribution < 1.29 is 13.2 Å². The number of methoxy groups -OCH3 is 1. The molecule has 0 saturated heterocycles. The van der Waals surface area contributed by atoms with Gasteiger partial charge in [0.1, 0.15) is 5.75 Å². The highest BCUT2D eigenvalue weighted by Gasteiger charge is 2.14. The first kappa shape index (κ1) is 19.6. The Balaban J connectivity index is 2.04. The van der Waals surface area contributed by atoms with Crippen molar-refractivity contribution in [3.05, 3.63) is 102 Å². The molecule has 4 nitrogen and oxygen atoms in total. The molecule has 3 aromatic carbocycles. The Morgan fingerprint density at radius 1 is 0.893 bits per heavy atom. The maximum atomic E-state index is 12.8. The first-order chi connectivity index (χ1) is 13.5. The standard InChI is InChI=1S/C23H21NO3S/c1-18-8-15-22(16-9-18)28(25,26)24-23(17-10-19-6-4-3-5-7-19)20-11-13-21(27-2)14-12-20/h3-17H,1-2H3/b17-10+,24-23-. The van der Waals surface area contributed by atoms with Crippen LogP contribution in [0.25, 0.3) is 6.08 Å². The minimum Gasteiger partial charge on any atom is -0.497 e. The van der Waals surface area contributed by atoms with Crippen LogP contribution in [0, 0.1) is 6.92 Å². The zero-order valence-corrected chi connectivity index (χ0v) is 16.6. The molecule has 0 saturated carbocycles. The maximum absolute atomic E-state index is 12.8. The van der Waals surface area contributed by atoms with E-state index in [1.807, 2.05) is 43.3 Å². The third-order valence-electron chi connectivity index (χ3n) is 4.16. The molecule has 0 spiro atoms. The molecule has 0 amide bonds. The van der Waals surface area contributed by atoms with Gasteiger partial charge in [-0.25, -0.2) is 0 Å². The Morgan fingerprint density at radius 3 is 2.14 bits per heavy atom. The van der Waals surface area contributed by atoms with Gasteiger partial charge in [0.15, 0.2) is 0 Å². The lowest BCUT2D eigenvalue weighted by atomic mass is 10.1. The van der Waals surface area contributed by atoms with Gasteiger partial charge in [0, 0.05) is 5.56 Å². The normalized spacial score (nSPS) is 12.3. The Bertz CT molecular complexity index is 1080. The Labute approximate surface area is 165 Å².